The van der Waals surface area contributed by atoms with Gasteiger partial charge in [0.25, 0.3) is 0 Å². The van der Waals surface area contributed by atoms with Crippen LogP contribution in [0.25, 0.3) is 11.4 Å². The number of rotatable bonds is 5. The van der Waals surface area contributed by atoms with Crippen LogP contribution >= 0.6 is 11.3 Å². The summed E-state index contributed by atoms with van der Waals surface area (Å²) in [6.45, 7) is 4.77. The molecule has 0 aromatic carbocycles. The van der Waals surface area contributed by atoms with Gasteiger partial charge < -0.3 is 4.52 Å². The first-order chi connectivity index (χ1) is 11.8. The highest BCUT2D eigenvalue weighted by molar-refractivity contribution is 7.08. The van der Waals surface area contributed by atoms with Crippen LogP contribution in [-0.4, -0.2) is 37.4 Å². The maximum absolute atomic E-state index is 5.47. The Labute approximate surface area is 145 Å². The molecule has 4 heterocycles. The molecule has 0 saturated carbocycles. The molecule has 3 aromatic rings. The fraction of sp³-hybridized carbons (Fsp3) is 0.471. The number of hydrogen-bond acceptors (Lipinski definition) is 6. The molecule has 24 heavy (non-hydrogen) atoms. The molecule has 6 nitrogen and oxygen atoms in total. The van der Waals surface area contributed by atoms with E-state index in [2.05, 4.69) is 33.3 Å². The molecule has 1 atom stereocenters. The van der Waals surface area contributed by atoms with Crippen LogP contribution in [0.4, 0.5) is 0 Å². The lowest BCUT2D eigenvalue weighted by atomic mass is 10.0. The van der Waals surface area contributed by atoms with Crippen molar-refractivity contribution < 1.29 is 4.52 Å². The Bertz CT molecular complexity index is 779. The molecule has 3 aromatic heterocycles. The fourth-order valence-corrected chi connectivity index (χ4v) is 3.89. The molecule has 1 saturated heterocycles. The average molecular weight is 343 g/mol. The summed E-state index contributed by atoms with van der Waals surface area (Å²) in [6, 6.07) is 2.48. The Hall–Kier alpha value is -1.99. The number of hydrogen-bond donors (Lipinski definition) is 0. The van der Waals surface area contributed by atoms with Crippen LogP contribution in [0.2, 0.25) is 0 Å². The third kappa shape index (κ3) is 3.42. The van der Waals surface area contributed by atoms with Gasteiger partial charge in [-0.3, -0.25) is 9.58 Å². The lowest BCUT2D eigenvalue weighted by Crippen LogP contribution is -2.41. The van der Waals surface area contributed by atoms with Gasteiger partial charge >= 0.3 is 0 Å². The Kier molecular flexibility index (Phi) is 4.44. The van der Waals surface area contributed by atoms with Gasteiger partial charge in [0.15, 0.2) is 0 Å². The van der Waals surface area contributed by atoms with Crippen LogP contribution in [0.1, 0.15) is 30.7 Å². The Morgan fingerprint density at radius 2 is 2.33 bits per heavy atom. The highest BCUT2D eigenvalue weighted by Gasteiger charge is 2.25. The van der Waals surface area contributed by atoms with Crippen LogP contribution in [0.5, 0.6) is 0 Å². The standard InChI is InChI=1S/C17H21N5OS/c1-13-8-18-22(9-13)10-15-4-2-3-6-21(15)11-16-19-17(20-23-16)14-5-7-24-12-14/h5,7-9,12,15H,2-4,6,10-11H2,1H3/t15-/m1/s1. The van der Waals surface area contributed by atoms with E-state index in [1.165, 1.54) is 24.8 Å². The molecular weight excluding hydrogens is 322 g/mol. The largest absolute Gasteiger partial charge is 0.338 e. The number of thiophene rings is 1. The van der Waals surface area contributed by atoms with Crippen molar-refractivity contribution in [3.05, 3.63) is 40.7 Å². The van der Waals surface area contributed by atoms with Crippen molar-refractivity contribution in [2.24, 2.45) is 0 Å². The van der Waals surface area contributed by atoms with Crippen molar-refractivity contribution in [3.8, 4) is 11.4 Å². The molecule has 0 unspecified atom stereocenters. The summed E-state index contributed by atoms with van der Waals surface area (Å²) in [6.07, 6.45) is 7.70. The zero-order valence-corrected chi connectivity index (χ0v) is 14.6. The highest BCUT2D eigenvalue weighted by Crippen LogP contribution is 2.23. The molecule has 7 heteroatoms. The van der Waals surface area contributed by atoms with Gasteiger partial charge in [-0.15, -0.1) is 0 Å². The van der Waals surface area contributed by atoms with Crippen molar-refractivity contribution in [3.63, 3.8) is 0 Å². The van der Waals surface area contributed by atoms with Crippen molar-refractivity contribution >= 4 is 11.3 Å². The Balaban J connectivity index is 1.45. The first-order valence-electron chi connectivity index (χ1n) is 8.36. The van der Waals surface area contributed by atoms with Gasteiger partial charge in [-0.25, -0.2) is 0 Å². The maximum Gasteiger partial charge on any atom is 0.241 e. The van der Waals surface area contributed by atoms with Gasteiger partial charge in [0.2, 0.25) is 11.7 Å². The van der Waals surface area contributed by atoms with Crippen LogP contribution in [-0.2, 0) is 13.1 Å². The number of nitrogens with zero attached hydrogens (tertiary/aromatic N) is 5. The summed E-state index contributed by atoms with van der Waals surface area (Å²) in [5.74, 6) is 1.38. The second-order valence-corrected chi connectivity index (χ2v) is 7.16. The molecule has 0 amide bonds. The monoisotopic (exact) mass is 343 g/mol. The third-order valence-electron chi connectivity index (χ3n) is 4.50. The van der Waals surface area contributed by atoms with Gasteiger partial charge in [-0.05, 0) is 43.3 Å². The number of piperidine rings is 1. The second-order valence-electron chi connectivity index (χ2n) is 6.38. The molecule has 0 bridgehead atoms. The highest BCUT2D eigenvalue weighted by atomic mass is 32.1. The third-order valence-corrected chi connectivity index (χ3v) is 5.18. The molecule has 0 N–H and O–H groups in total. The molecule has 0 aliphatic carbocycles. The van der Waals surface area contributed by atoms with Gasteiger partial charge in [0.1, 0.15) is 0 Å². The van der Waals surface area contributed by atoms with Crippen molar-refractivity contribution in [2.45, 2.75) is 45.3 Å². The smallest absolute Gasteiger partial charge is 0.241 e. The fourth-order valence-electron chi connectivity index (χ4n) is 3.26. The van der Waals surface area contributed by atoms with Gasteiger partial charge in [0.05, 0.1) is 19.3 Å². The van der Waals surface area contributed by atoms with E-state index < -0.39 is 0 Å². The van der Waals surface area contributed by atoms with E-state index in [0.717, 1.165) is 18.7 Å². The van der Waals surface area contributed by atoms with E-state index in [-0.39, 0.29) is 0 Å². The zero-order valence-electron chi connectivity index (χ0n) is 13.8. The van der Waals surface area contributed by atoms with Gasteiger partial charge in [-0.2, -0.15) is 21.4 Å². The normalized spacial score (nSPS) is 19.0. The molecule has 0 radical (unpaired) electrons. The molecule has 4 rings (SSSR count). The van der Waals surface area contributed by atoms with E-state index in [1.807, 2.05) is 27.7 Å². The first-order valence-corrected chi connectivity index (χ1v) is 9.30. The van der Waals surface area contributed by atoms with Crippen molar-refractivity contribution in [2.75, 3.05) is 6.54 Å². The number of aryl methyl sites for hydroxylation is 1. The van der Waals surface area contributed by atoms with Gasteiger partial charge in [0, 0.05) is 23.2 Å². The maximum atomic E-state index is 5.47. The molecule has 1 fully saturated rings. The number of aromatic nitrogens is 4. The minimum Gasteiger partial charge on any atom is -0.338 e. The lowest BCUT2D eigenvalue weighted by molar-refractivity contribution is 0.108. The Morgan fingerprint density at radius 1 is 1.38 bits per heavy atom. The summed E-state index contributed by atoms with van der Waals surface area (Å²) in [5, 5.41) is 12.6. The predicted octanol–water partition coefficient (Wildman–Crippen LogP) is 3.36. The summed E-state index contributed by atoms with van der Waals surface area (Å²) >= 11 is 1.64. The molecule has 1 aliphatic heterocycles. The summed E-state index contributed by atoms with van der Waals surface area (Å²) in [4.78, 5) is 7.01. The SMILES string of the molecule is Cc1cnn(C[C@H]2CCCCN2Cc2nc(-c3ccsc3)no2)c1. The number of likely N-dealkylation sites (tertiary alicyclic amines) is 1. The minimum absolute atomic E-state index is 0.467. The van der Waals surface area contributed by atoms with E-state index >= 15 is 0 Å². The average Bonchev–Trinajstić information content (AvgIpc) is 3.31. The summed E-state index contributed by atoms with van der Waals surface area (Å²) in [5.41, 5.74) is 2.23. The van der Waals surface area contributed by atoms with Crippen LogP contribution in [0.3, 0.4) is 0 Å². The Morgan fingerprint density at radius 3 is 3.12 bits per heavy atom. The van der Waals surface area contributed by atoms with Crippen LogP contribution in [0, 0.1) is 6.92 Å². The zero-order chi connectivity index (χ0) is 16.4. The van der Waals surface area contributed by atoms with Crippen molar-refractivity contribution in [1.82, 2.24) is 24.8 Å². The topological polar surface area (TPSA) is 60.0 Å². The van der Waals surface area contributed by atoms with Crippen LogP contribution < -0.4 is 0 Å². The van der Waals surface area contributed by atoms with E-state index in [9.17, 15) is 0 Å². The summed E-state index contributed by atoms with van der Waals surface area (Å²) < 4.78 is 7.52. The lowest BCUT2D eigenvalue weighted by Gasteiger charge is -2.34. The van der Waals surface area contributed by atoms with E-state index in [0.29, 0.717) is 24.3 Å². The molecular formula is C17H21N5OS. The molecule has 126 valence electrons. The molecule has 0 spiro atoms. The van der Waals surface area contributed by atoms with Crippen LogP contribution in [0.15, 0.2) is 33.7 Å². The van der Waals surface area contributed by atoms with E-state index in [1.54, 1.807) is 11.3 Å². The molecule has 1 aliphatic rings. The minimum atomic E-state index is 0.467. The first kappa shape index (κ1) is 15.5. The van der Waals surface area contributed by atoms with Crippen molar-refractivity contribution in [1.29, 1.82) is 0 Å². The van der Waals surface area contributed by atoms with Gasteiger partial charge in [-0.1, -0.05) is 11.6 Å². The predicted molar refractivity (Wildman–Crippen MR) is 92.6 cm³/mol. The van der Waals surface area contributed by atoms with E-state index in [4.69, 9.17) is 4.52 Å². The quantitative estimate of drug-likeness (QED) is 0.711. The second kappa shape index (κ2) is 6.86. The summed E-state index contributed by atoms with van der Waals surface area (Å²) in [7, 11) is 0.